The van der Waals surface area contributed by atoms with Crippen LogP contribution in [-0.2, 0) is 0 Å². The average Bonchev–Trinajstić information content (AvgIpc) is 3.54. The molecule has 0 fully saturated rings. The first-order valence-electron chi connectivity index (χ1n) is 12.8. The number of furan rings is 1. The van der Waals surface area contributed by atoms with Crippen LogP contribution in [0.1, 0.15) is 0 Å². The van der Waals surface area contributed by atoms with Crippen LogP contribution in [0.3, 0.4) is 0 Å². The lowest BCUT2D eigenvalue weighted by molar-refractivity contribution is 0.673. The number of hydrogen-bond acceptors (Lipinski definition) is 2. The van der Waals surface area contributed by atoms with Crippen LogP contribution in [0, 0.1) is 0 Å². The van der Waals surface area contributed by atoms with Crippen molar-refractivity contribution in [1.82, 2.24) is 9.55 Å². The highest BCUT2D eigenvalue weighted by molar-refractivity contribution is 6.25. The first-order valence-corrected chi connectivity index (χ1v) is 12.8. The normalized spacial score (nSPS) is 11.7. The quantitative estimate of drug-likeness (QED) is 0.249. The third kappa shape index (κ3) is 3.06. The second kappa shape index (κ2) is 8.19. The molecular weight excluding hydrogens is 464 g/mol. The van der Waals surface area contributed by atoms with E-state index in [-0.39, 0.29) is 0 Å². The Labute approximate surface area is 219 Å². The predicted octanol–water partition coefficient (Wildman–Crippen LogP) is 9.41. The molecule has 3 aromatic heterocycles. The van der Waals surface area contributed by atoms with Crippen LogP contribution in [0.4, 0.5) is 0 Å². The highest BCUT2D eigenvalue weighted by Crippen LogP contribution is 2.43. The van der Waals surface area contributed by atoms with E-state index in [1.54, 1.807) is 0 Å². The maximum atomic E-state index is 6.52. The summed E-state index contributed by atoms with van der Waals surface area (Å²) in [6.07, 6.45) is 1.91. The molecule has 0 bridgehead atoms. The summed E-state index contributed by atoms with van der Waals surface area (Å²) in [6, 6.07) is 44.5. The van der Waals surface area contributed by atoms with E-state index in [9.17, 15) is 0 Å². The van der Waals surface area contributed by atoms with Gasteiger partial charge in [0.2, 0.25) is 0 Å². The summed E-state index contributed by atoms with van der Waals surface area (Å²) >= 11 is 0. The third-order valence-corrected chi connectivity index (χ3v) is 7.45. The Balaban J connectivity index is 1.51. The van der Waals surface area contributed by atoms with Crippen molar-refractivity contribution in [2.75, 3.05) is 0 Å². The molecule has 0 N–H and O–H groups in total. The summed E-state index contributed by atoms with van der Waals surface area (Å²) in [7, 11) is 0. The molecule has 0 saturated heterocycles. The van der Waals surface area contributed by atoms with Crippen LogP contribution >= 0.6 is 0 Å². The minimum atomic E-state index is 0.906. The first-order chi connectivity index (χ1) is 18.9. The minimum absolute atomic E-state index is 0.906. The molecule has 0 unspecified atom stereocenters. The Hall–Kier alpha value is -5.15. The van der Waals surface area contributed by atoms with Crippen LogP contribution in [0.15, 0.2) is 138 Å². The number of para-hydroxylation sites is 3. The lowest BCUT2D eigenvalue weighted by Gasteiger charge is -2.12. The van der Waals surface area contributed by atoms with Gasteiger partial charge in [-0.15, -0.1) is 0 Å². The molecule has 0 saturated carbocycles. The van der Waals surface area contributed by atoms with E-state index in [0.717, 1.165) is 66.3 Å². The Morgan fingerprint density at radius 2 is 1.34 bits per heavy atom. The molecule has 0 aliphatic heterocycles. The van der Waals surface area contributed by atoms with Gasteiger partial charge in [0.15, 0.2) is 0 Å². The van der Waals surface area contributed by atoms with E-state index in [2.05, 4.69) is 114 Å². The lowest BCUT2D eigenvalue weighted by atomic mass is 10.0. The van der Waals surface area contributed by atoms with Gasteiger partial charge < -0.3 is 8.98 Å². The van der Waals surface area contributed by atoms with Gasteiger partial charge in [0.05, 0.1) is 22.1 Å². The van der Waals surface area contributed by atoms with Crippen LogP contribution in [0.25, 0.3) is 71.8 Å². The highest BCUT2D eigenvalue weighted by Gasteiger charge is 2.21. The molecule has 5 aromatic carbocycles. The Morgan fingerprint density at radius 1 is 0.579 bits per heavy atom. The summed E-state index contributed by atoms with van der Waals surface area (Å²) in [5, 5.41) is 4.55. The molecule has 0 aliphatic carbocycles. The molecule has 8 rings (SSSR count). The maximum Gasteiger partial charge on any atom is 0.145 e. The number of hydrogen-bond donors (Lipinski definition) is 0. The first kappa shape index (κ1) is 21.0. The van der Waals surface area contributed by atoms with Gasteiger partial charge in [-0.2, -0.15) is 0 Å². The Kier molecular flexibility index (Phi) is 4.52. The monoisotopic (exact) mass is 486 g/mol. The molecule has 3 nitrogen and oxygen atoms in total. The van der Waals surface area contributed by atoms with E-state index in [1.807, 2.05) is 24.4 Å². The molecule has 0 amide bonds. The van der Waals surface area contributed by atoms with Gasteiger partial charge >= 0.3 is 0 Å². The molecule has 0 radical (unpaired) electrons. The van der Waals surface area contributed by atoms with E-state index >= 15 is 0 Å². The molecule has 38 heavy (non-hydrogen) atoms. The smallest absolute Gasteiger partial charge is 0.145 e. The summed E-state index contributed by atoms with van der Waals surface area (Å²) in [4.78, 5) is 4.85. The molecule has 178 valence electrons. The van der Waals surface area contributed by atoms with E-state index in [4.69, 9.17) is 9.40 Å². The van der Waals surface area contributed by atoms with Gasteiger partial charge in [0.25, 0.3) is 0 Å². The predicted molar refractivity (Wildman–Crippen MR) is 157 cm³/mol. The zero-order valence-corrected chi connectivity index (χ0v) is 20.5. The molecule has 8 aromatic rings. The second-order valence-electron chi connectivity index (χ2n) is 9.60. The molecule has 3 heteroatoms. The van der Waals surface area contributed by atoms with Crippen LogP contribution in [0.2, 0.25) is 0 Å². The van der Waals surface area contributed by atoms with Crippen LogP contribution in [0.5, 0.6) is 0 Å². The van der Waals surface area contributed by atoms with Gasteiger partial charge in [-0.1, -0.05) is 84.9 Å². The van der Waals surface area contributed by atoms with Crippen molar-refractivity contribution in [3.8, 4) is 28.1 Å². The summed E-state index contributed by atoms with van der Waals surface area (Å²) in [5.74, 6) is 0. The topological polar surface area (TPSA) is 31.0 Å². The van der Waals surface area contributed by atoms with E-state index in [1.165, 1.54) is 5.56 Å². The number of aromatic nitrogens is 2. The number of nitrogens with zero attached hydrogens (tertiary/aromatic N) is 2. The zero-order chi connectivity index (χ0) is 25.1. The number of fused-ring (bicyclic) bond motifs is 7. The van der Waals surface area contributed by atoms with Gasteiger partial charge in [0.1, 0.15) is 11.2 Å². The van der Waals surface area contributed by atoms with Crippen molar-refractivity contribution in [3.63, 3.8) is 0 Å². The van der Waals surface area contributed by atoms with Crippen LogP contribution in [-0.4, -0.2) is 9.55 Å². The fourth-order valence-corrected chi connectivity index (χ4v) is 5.77. The SMILES string of the molecule is c1ccc(-c2ccnc(-c3cccc4c5c6oc7ccccc7c6ccc5n(-c5ccccc5)c34)c2)cc1. The van der Waals surface area contributed by atoms with Crippen LogP contribution < -0.4 is 0 Å². The highest BCUT2D eigenvalue weighted by atomic mass is 16.3. The number of rotatable bonds is 3. The van der Waals surface area contributed by atoms with Gasteiger partial charge in [-0.05, 0) is 53.6 Å². The Morgan fingerprint density at radius 3 is 2.21 bits per heavy atom. The Bertz CT molecular complexity index is 2120. The summed E-state index contributed by atoms with van der Waals surface area (Å²) in [6.45, 7) is 0. The minimum Gasteiger partial charge on any atom is -0.455 e. The van der Waals surface area contributed by atoms with E-state index < -0.39 is 0 Å². The summed E-state index contributed by atoms with van der Waals surface area (Å²) in [5.41, 5.74) is 9.53. The largest absolute Gasteiger partial charge is 0.455 e. The fraction of sp³-hybridized carbons (Fsp3) is 0. The second-order valence-corrected chi connectivity index (χ2v) is 9.60. The summed E-state index contributed by atoms with van der Waals surface area (Å²) < 4.78 is 8.87. The maximum absolute atomic E-state index is 6.52. The number of benzene rings is 5. The fourth-order valence-electron chi connectivity index (χ4n) is 5.77. The van der Waals surface area contributed by atoms with Crippen molar-refractivity contribution in [2.24, 2.45) is 0 Å². The van der Waals surface area contributed by atoms with Crippen molar-refractivity contribution >= 4 is 43.7 Å². The van der Waals surface area contributed by atoms with Crippen molar-refractivity contribution in [3.05, 3.63) is 134 Å². The number of pyridine rings is 1. The van der Waals surface area contributed by atoms with E-state index in [0.29, 0.717) is 0 Å². The van der Waals surface area contributed by atoms with Gasteiger partial charge in [-0.25, -0.2) is 0 Å². The molecule has 3 heterocycles. The molecule has 0 aliphatic rings. The van der Waals surface area contributed by atoms with Gasteiger partial charge in [-0.3, -0.25) is 4.98 Å². The standard InChI is InChI=1S/C35H22N2O/c1-3-10-23(11-4-1)24-20-21-36-30(22-24)28-15-9-16-29-33-31(37(34(28)29)25-12-5-2-6-13-25)19-18-27-26-14-7-8-17-32(26)38-35(27)33/h1-22H. The third-order valence-electron chi connectivity index (χ3n) is 7.45. The van der Waals surface area contributed by atoms with Crippen molar-refractivity contribution < 1.29 is 4.42 Å². The van der Waals surface area contributed by atoms with Crippen molar-refractivity contribution in [1.29, 1.82) is 0 Å². The van der Waals surface area contributed by atoms with Gasteiger partial charge in [0, 0.05) is 33.6 Å². The molecular formula is C35H22N2O. The average molecular weight is 487 g/mol. The van der Waals surface area contributed by atoms with Crippen molar-refractivity contribution in [2.45, 2.75) is 0 Å². The lowest BCUT2D eigenvalue weighted by Crippen LogP contribution is -1.96. The molecule has 0 spiro atoms. The zero-order valence-electron chi connectivity index (χ0n) is 20.5. The molecule has 0 atom stereocenters.